The van der Waals surface area contributed by atoms with Crippen molar-refractivity contribution in [2.75, 3.05) is 6.54 Å². The number of carbonyl (C=O) groups excluding carboxylic acids is 1. The number of halogens is 1. The molecule has 1 aromatic heterocycles. The number of hydrogen-bond acceptors (Lipinski definition) is 3. The molecule has 1 heterocycles. The van der Waals surface area contributed by atoms with E-state index in [0.717, 1.165) is 23.7 Å². The fraction of sp³-hybridized carbons (Fsp3) is 0.462. The van der Waals surface area contributed by atoms with Gasteiger partial charge < -0.3 is 10.4 Å². The number of unbranched alkanes of at least 4 members (excludes halogenated alkanes) is 3. The van der Waals surface area contributed by atoms with Crippen molar-refractivity contribution in [1.29, 1.82) is 0 Å². The second-order valence-electron chi connectivity index (χ2n) is 4.21. The average molecular weight is 329 g/mol. The average Bonchev–Trinajstić information content (AvgIpc) is 2.37. The van der Waals surface area contributed by atoms with Crippen molar-refractivity contribution >= 4 is 27.8 Å². The van der Waals surface area contributed by atoms with Crippen molar-refractivity contribution in [1.82, 2.24) is 10.3 Å². The third-order valence-electron chi connectivity index (χ3n) is 2.57. The second kappa shape index (κ2) is 8.63. The lowest BCUT2D eigenvalue weighted by Gasteiger charge is -2.05. The molecule has 0 aromatic carbocycles. The van der Waals surface area contributed by atoms with E-state index in [0.29, 0.717) is 18.5 Å². The summed E-state index contributed by atoms with van der Waals surface area (Å²) in [5.74, 6) is -0.894. The van der Waals surface area contributed by atoms with Gasteiger partial charge in [-0.3, -0.25) is 14.6 Å². The fourth-order valence-corrected chi connectivity index (χ4v) is 1.96. The lowest BCUT2D eigenvalue weighted by molar-refractivity contribution is -0.137. The van der Waals surface area contributed by atoms with E-state index in [1.165, 1.54) is 6.20 Å². The lowest BCUT2D eigenvalue weighted by Crippen LogP contribution is -2.24. The highest BCUT2D eigenvalue weighted by atomic mass is 79.9. The maximum atomic E-state index is 11.7. The van der Waals surface area contributed by atoms with E-state index in [1.54, 1.807) is 12.3 Å². The minimum atomic E-state index is -0.754. The zero-order valence-corrected chi connectivity index (χ0v) is 12.1. The predicted octanol–water partition coefficient (Wildman–Crippen LogP) is 2.61. The van der Waals surface area contributed by atoms with E-state index in [-0.39, 0.29) is 12.3 Å². The molecule has 2 N–H and O–H groups in total. The van der Waals surface area contributed by atoms with Crippen LogP contribution in [0.1, 0.15) is 42.5 Å². The third kappa shape index (κ3) is 6.91. The predicted molar refractivity (Wildman–Crippen MR) is 75.0 cm³/mol. The zero-order chi connectivity index (χ0) is 14.1. The van der Waals surface area contributed by atoms with Gasteiger partial charge in [-0.1, -0.05) is 12.8 Å². The SMILES string of the molecule is O=C(O)CCCCCCNC(=O)c1cncc(Br)c1. The van der Waals surface area contributed by atoms with E-state index in [1.807, 2.05) is 0 Å². The first-order chi connectivity index (χ1) is 9.09. The smallest absolute Gasteiger partial charge is 0.303 e. The van der Waals surface area contributed by atoms with Gasteiger partial charge in [0.15, 0.2) is 0 Å². The van der Waals surface area contributed by atoms with Gasteiger partial charge in [0, 0.05) is 29.8 Å². The van der Waals surface area contributed by atoms with Crippen LogP contribution in [0.2, 0.25) is 0 Å². The van der Waals surface area contributed by atoms with Gasteiger partial charge in [0.25, 0.3) is 5.91 Å². The fourth-order valence-electron chi connectivity index (χ4n) is 1.59. The van der Waals surface area contributed by atoms with E-state index < -0.39 is 5.97 Å². The van der Waals surface area contributed by atoms with Crippen LogP contribution in [0, 0.1) is 0 Å². The number of rotatable bonds is 8. The summed E-state index contributed by atoms with van der Waals surface area (Å²) in [6, 6.07) is 1.72. The Labute approximate surface area is 120 Å². The Hall–Kier alpha value is -1.43. The number of hydrogen-bond donors (Lipinski definition) is 2. The standard InChI is InChI=1S/C13H17BrN2O3/c14-11-7-10(8-15-9-11)13(19)16-6-4-2-1-3-5-12(17)18/h7-9H,1-6H2,(H,16,19)(H,17,18). The molecular weight excluding hydrogens is 312 g/mol. The number of aromatic nitrogens is 1. The number of carboxylic acids is 1. The minimum absolute atomic E-state index is 0.140. The second-order valence-corrected chi connectivity index (χ2v) is 5.12. The summed E-state index contributed by atoms with van der Waals surface area (Å²) in [6.45, 7) is 0.596. The molecule has 1 amide bonds. The summed E-state index contributed by atoms with van der Waals surface area (Å²) in [6.07, 6.45) is 6.71. The minimum Gasteiger partial charge on any atom is -0.481 e. The maximum Gasteiger partial charge on any atom is 0.303 e. The van der Waals surface area contributed by atoms with Crippen LogP contribution in [0.15, 0.2) is 22.9 Å². The zero-order valence-electron chi connectivity index (χ0n) is 10.6. The van der Waals surface area contributed by atoms with Crippen LogP contribution in [0.3, 0.4) is 0 Å². The topological polar surface area (TPSA) is 79.3 Å². The Bertz CT molecular complexity index is 438. The molecule has 1 rings (SSSR count). The molecule has 0 bridgehead atoms. The summed E-state index contributed by atoms with van der Waals surface area (Å²) < 4.78 is 0.772. The van der Waals surface area contributed by atoms with Crippen molar-refractivity contribution in [3.05, 3.63) is 28.5 Å². The number of aliphatic carboxylic acids is 1. The summed E-state index contributed by atoms with van der Waals surface area (Å²) >= 11 is 3.26. The molecule has 5 nitrogen and oxygen atoms in total. The molecule has 0 aliphatic heterocycles. The number of nitrogens with zero attached hydrogens (tertiary/aromatic N) is 1. The van der Waals surface area contributed by atoms with E-state index in [2.05, 4.69) is 26.2 Å². The van der Waals surface area contributed by atoms with Crippen molar-refractivity contribution in [2.45, 2.75) is 32.1 Å². The molecule has 1 aromatic rings. The van der Waals surface area contributed by atoms with Crippen molar-refractivity contribution in [2.24, 2.45) is 0 Å². The van der Waals surface area contributed by atoms with Gasteiger partial charge in [-0.05, 0) is 34.8 Å². The third-order valence-corrected chi connectivity index (χ3v) is 3.00. The Kier molecular flexibility index (Phi) is 7.10. The van der Waals surface area contributed by atoms with Crippen molar-refractivity contribution in [3.8, 4) is 0 Å². The molecule has 6 heteroatoms. The highest BCUT2D eigenvalue weighted by Gasteiger charge is 2.05. The maximum absolute atomic E-state index is 11.7. The molecule has 0 saturated carbocycles. The van der Waals surface area contributed by atoms with Crippen LogP contribution >= 0.6 is 15.9 Å². The number of pyridine rings is 1. The van der Waals surface area contributed by atoms with Crippen LogP contribution in [-0.2, 0) is 4.79 Å². The molecule has 0 atom stereocenters. The molecule has 0 spiro atoms. The molecule has 19 heavy (non-hydrogen) atoms. The molecule has 0 unspecified atom stereocenters. The first-order valence-corrected chi connectivity index (χ1v) is 6.99. The van der Waals surface area contributed by atoms with Crippen LogP contribution in [0.25, 0.3) is 0 Å². The van der Waals surface area contributed by atoms with Gasteiger partial charge in [-0.2, -0.15) is 0 Å². The molecule has 0 aliphatic rings. The van der Waals surface area contributed by atoms with Gasteiger partial charge in [0.05, 0.1) is 5.56 Å². The number of nitrogens with one attached hydrogen (secondary N) is 1. The largest absolute Gasteiger partial charge is 0.481 e. The Morgan fingerprint density at radius 2 is 1.95 bits per heavy atom. The van der Waals surface area contributed by atoms with E-state index in [4.69, 9.17) is 5.11 Å². The van der Waals surface area contributed by atoms with E-state index in [9.17, 15) is 9.59 Å². The van der Waals surface area contributed by atoms with Gasteiger partial charge in [-0.15, -0.1) is 0 Å². The van der Waals surface area contributed by atoms with Crippen LogP contribution in [0.4, 0.5) is 0 Å². The first-order valence-electron chi connectivity index (χ1n) is 6.20. The van der Waals surface area contributed by atoms with Crippen LogP contribution in [0.5, 0.6) is 0 Å². The van der Waals surface area contributed by atoms with Gasteiger partial charge >= 0.3 is 5.97 Å². The molecule has 0 radical (unpaired) electrons. The van der Waals surface area contributed by atoms with Crippen molar-refractivity contribution in [3.63, 3.8) is 0 Å². The Morgan fingerprint density at radius 1 is 1.21 bits per heavy atom. The molecule has 0 fully saturated rings. The highest BCUT2D eigenvalue weighted by molar-refractivity contribution is 9.10. The summed E-state index contributed by atoms with van der Waals surface area (Å²) in [5.41, 5.74) is 0.528. The van der Waals surface area contributed by atoms with Gasteiger partial charge in [0.1, 0.15) is 0 Å². The quantitative estimate of drug-likeness (QED) is 0.719. The number of carboxylic acid groups (broad SMARTS) is 1. The molecule has 0 aliphatic carbocycles. The number of amides is 1. The lowest BCUT2D eigenvalue weighted by atomic mass is 10.1. The van der Waals surface area contributed by atoms with Crippen LogP contribution in [-0.4, -0.2) is 28.5 Å². The number of carbonyl (C=O) groups is 2. The van der Waals surface area contributed by atoms with Crippen LogP contribution < -0.4 is 5.32 Å². The molecule has 0 saturated heterocycles. The van der Waals surface area contributed by atoms with E-state index >= 15 is 0 Å². The molecular formula is C13H17BrN2O3. The normalized spacial score (nSPS) is 10.2. The molecule has 104 valence electrons. The highest BCUT2D eigenvalue weighted by Crippen LogP contribution is 2.09. The van der Waals surface area contributed by atoms with Gasteiger partial charge in [0.2, 0.25) is 0 Å². The summed E-state index contributed by atoms with van der Waals surface area (Å²) in [4.78, 5) is 25.9. The Balaban J connectivity index is 2.12. The Morgan fingerprint density at radius 3 is 2.63 bits per heavy atom. The van der Waals surface area contributed by atoms with Gasteiger partial charge in [-0.25, -0.2) is 0 Å². The monoisotopic (exact) mass is 328 g/mol. The first kappa shape index (κ1) is 15.6. The summed E-state index contributed by atoms with van der Waals surface area (Å²) in [5, 5.41) is 11.3. The van der Waals surface area contributed by atoms with Crippen molar-refractivity contribution < 1.29 is 14.7 Å². The summed E-state index contributed by atoms with van der Waals surface area (Å²) in [7, 11) is 0.